The van der Waals surface area contributed by atoms with E-state index in [2.05, 4.69) is 55.2 Å². The largest absolute Gasteiger partial charge is 0.381 e. The fourth-order valence-corrected chi connectivity index (χ4v) is 2.16. The van der Waals surface area contributed by atoms with Crippen LogP contribution in [0.1, 0.15) is 24.5 Å². The first kappa shape index (κ1) is 13.4. The van der Waals surface area contributed by atoms with Gasteiger partial charge in [-0.1, -0.05) is 68.5 Å². The number of anilines is 1. The number of hydrogen-bond donors (Lipinski definition) is 1. The van der Waals surface area contributed by atoms with Crippen LogP contribution in [0, 0.1) is 0 Å². The average molecular weight is 251 g/mol. The molecule has 0 unspecified atom stereocenters. The van der Waals surface area contributed by atoms with Gasteiger partial charge in [-0.15, -0.1) is 0 Å². The summed E-state index contributed by atoms with van der Waals surface area (Å²) in [4.78, 5) is 0. The van der Waals surface area contributed by atoms with E-state index in [9.17, 15) is 0 Å². The maximum Gasteiger partial charge on any atom is 0.0400 e. The average Bonchev–Trinajstić information content (AvgIpc) is 2.47. The monoisotopic (exact) mass is 251 g/mol. The molecule has 2 aromatic rings. The van der Waals surface area contributed by atoms with Gasteiger partial charge >= 0.3 is 0 Å². The van der Waals surface area contributed by atoms with Crippen LogP contribution >= 0.6 is 0 Å². The molecule has 19 heavy (non-hydrogen) atoms. The van der Waals surface area contributed by atoms with Crippen LogP contribution in [0.2, 0.25) is 0 Å². The summed E-state index contributed by atoms with van der Waals surface area (Å²) in [5, 5.41) is 3.50. The summed E-state index contributed by atoms with van der Waals surface area (Å²) in [5.41, 5.74) is 4.92. The number of hydrogen-bond acceptors (Lipinski definition) is 1. The smallest absolute Gasteiger partial charge is 0.0400 e. The van der Waals surface area contributed by atoms with Crippen molar-refractivity contribution in [3.05, 3.63) is 72.3 Å². The molecule has 1 nitrogen and oxygen atoms in total. The number of nitrogens with one attached hydrogen (secondary N) is 1. The summed E-state index contributed by atoms with van der Waals surface area (Å²) in [5.74, 6) is 0. The van der Waals surface area contributed by atoms with Crippen molar-refractivity contribution in [2.45, 2.75) is 19.8 Å². The summed E-state index contributed by atoms with van der Waals surface area (Å²) < 4.78 is 0. The molecule has 0 spiro atoms. The summed E-state index contributed by atoms with van der Waals surface area (Å²) in [6.45, 7) is 7.14. The molecule has 0 aliphatic rings. The van der Waals surface area contributed by atoms with E-state index >= 15 is 0 Å². The highest BCUT2D eigenvalue weighted by molar-refractivity contribution is 5.68. The predicted molar refractivity (Wildman–Crippen MR) is 84.4 cm³/mol. The van der Waals surface area contributed by atoms with Crippen LogP contribution in [0.3, 0.4) is 0 Å². The lowest BCUT2D eigenvalue weighted by molar-refractivity contribution is 0.922. The summed E-state index contributed by atoms with van der Waals surface area (Å²) in [6.07, 6.45) is 2.28. The predicted octanol–water partition coefficient (Wildman–Crippen LogP) is 4.76. The van der Waals surface area contributed by atoms with Crippen molar-refractivity contribution in [2.75, 3.05) is 11.9 Å². The Balaban J connectivity index is 2.01. The van der Waals surface area contributed by atoms with Gasteiger partial charge in [-0.2, -0.15) is 0 Å². The molecule has 0 fully saturated rings. The molecule has 98 valence electrons. The molecular formula is C18H21N. The molecule has 0 saturated carbocycles. The maximum absolute atomic E-state index is 4.15. The highest BCUT2D eigenvalue weighted by atomic mass is 14.9. The van der Waals surface area contributed by atoms with E-state index in [1.54, 1.807) is 0 Å². The molecule has 0 amide bonds. The van der Waals surface area contributed by atoms with E-state index in [0.717, 1.165) is 18.5 Å². The topological polar surface area (TPSA) is 12.0 Å². The van der Waals surface area contributed by atoms with Crippen LogP contribution in [0.25, 0.3) is 5.57 Å². The van der Waals surface area contributed by atoms with Gasteiger partial charge in [-0.3, -0.25) is 0 Å². The Hall–Kier alpha value is -2.02. The molecule has 0 bridgehead atoms. The number of rotatable bonds is 6. The third-order valence-electron chi connectivity index (χ3n) is 3.21. The highest BCUT2D eigenvalue weighted by Crippen LogP contribution is 2.19. The lowest BCUT2D eigenvalue weighted by Crippen LogP contribution is -2.05. The van der Waals surface area contributed by atoms with Crippen LogP contribution in [0.5, 0.6) is 0 Å². The van der Waals surface area contributed by atoms with Crippen LogP contribution in [0.15, 0.2) is 61.2 Å². The second-order valence-electron chi connectivity index (χ2n) is 4.73. The van der Waals surface area contributed by atoms with E-state index in [4.69, 9.17) is 0 Å². The van der Waals surface area contributed by atoms with Crippen molar-refractivity contribution < 1.29 is 0 Å². The number of aryl methyl sites for hydroxylation is 1. The first-order valence-corrected chi connectivity index (χ1v) is 6.86. The first-order chi connectivity index (χ1) is 9.31. The molecule has 0 heterocycles. The highest BCUT2D eigenvalue weighted by Gasteiger charge is 2.02. The fraction of sp³-hybridized carbons (Fsp3) is 0.222. The van der Waals surface area contributed by atoms with Crippen LogP contribution in [-0.2, 0) is 6.42 Å². The summed E-state index contributed by atoms with van der Waals surface area (Å²) in [7, 11) is 0. The number of benzene rings is 2. The third kappa shape index (κ3) is 3.72. The van der Waals surface area contributed by atoms with Crippen molar-refractivity contribution in [3.63, 3.8) is 0 Å². The number of para-hydroxylation sites is 1. The summed E-state index contributed by atoms with van der Waals surface area (Å²) in [6, 6.07) is 18.8. The Labute approximate surface area is 116 Å². The van der Waals surface area contributed by atoms with E-state index in [0.29, 0.717) is 0 Å². The molecule has 0 saturated heterocycles. The summed E-state index contributed by atoms with van der Waals surface area (Å²) >= 11 is 0. The molecule has 1 N–H and O–H groups in total. The maximum atomic E-state index is 4.15. The molecule has 0 aliphatic carbocycles. The van der Waals surface area contributed by atoms with Gasteiger partial charge in [0, 0.05) is 12.2 Å². The Bertz CT molecular complexity index is 528. The van der Waals surface area contributed by atoms with Gasteiger partial charge in [0.2, 0.25) is 0 Å². The zero-order chi connectivity index (χ0) is 13.5. The molecule has 2 aromatic carbocycles. The van der Waals surface area contributed by atoms with Crippen molar-refractivity contribution in [3.8, 4) is 0 Å². The minimum absolute atomic E-state index is 0.782. The Morgan fingerprint density at radius 1 is 1.00 bits per heavy atom. The zero-order valence-corrected chi connectivity index (χ0v) is 11.5. The van der Waals surface area contributed by atoms with E-state index < -0.39 is 0 Å². The van der Waals surface area contributed by atoms with E-state index in [1.807, 2.05) is 18.2 Å². The molecule has 0 atom stereocenters. The van der Waals surface area contributed by atoms with Crippen molar-refractivity contribution in [1.82, 2.24) is 0 Å². The van der Waals surface area contributed by atoms with Crippen molar-refractivity contribution >= 4 is 11.3 Å². The quantitative estimate of drug-likeness (QED) is 0.780. The molecule has 2 rings (SSSR count). The van der Waals surface area contributed by atoms with E-state index in [1.165, 1.54) is 23.2 Å². The second-order valence-corrected chi connectivity index (χ2v) is 4.73. The van der Waals surface area contributed by atoms with Gasteiger partial charge in [0.05, 0.1) is 0 Å². The molecule has 0 radical (unpaired) electrons. The van der Waals surface area contributed by atoms with Gasteiger partial charge in [0.1, 0.15) is 0 Å². The lowest BCUT2D eigenvalue weighted by Gasteiger charge is -2.13. The van der Waals surface area contributed by atoms with Crippen LogP contribution in [0.4, 0.5) is 5.69 Å². The lowest BCUT2D eigenvalue weighted by atomic mass is 10.1. The molecule has 0 aromatic heterocycles. The van der Waals surface area contributed by atoms with E-state index in [-0.39, 0.29) is 0 Å². The Kier molecular flexibility index (Phi) is 4.79. The molecule has 0 aliphatic heterocycles. The standard InChI is InChI=1S/C18H21N/c1-3-9-17-12-7-8-13-18(17)19-14-15(2)16-10-5-4-6-11-16/h4-8,10-13,19H,2-3,9,14H2,1H3. The fourth-order valence-electron chi connectivity index (χ4n) is 2.16. The zero-order valence-electron chi connectivity index (χ0n) is 11.5. The first-order valence-electron chi connectivity index (χ1n) is 6.86. The van der Waals surface area contributed by atoms with Gasteiger partial charge in [-0.25, -0.2) is 0 Å². The van der Waals surface area contributed by atoms with Gasteiger partial charge in [0.25, 0.3) is 0 Å². The Morgan fingerprint density at radius 3 is 2.42 bits per heavy atom. The van der Waals surface area contributed by atoms with Gasteiger partial charge in [0.15, 0.2) is 0 Å². The van der Waals surface area contributed by atoms with Crippen LogP contribution in [-0.4, -0.2) is 6.54 Å². The van der Waals surface area contributed by atoms with Gasteiger partial charge < -0.3 is 5.32 Å². The van der Waals surface area contributed by atoms with Crippen molar-refractivity contribution in [2.24, 2.45) is 0 Å². The van der Waals surface area contributed by atoms with Crippen LogP contribution < -0.4 is 5.32 Å². The molecule has 1 heteroatoms. The molecular weight excluding hydrogens is 230 g/mol. The van der Waals surface area contributed by atoms with Gasteiger partial charge in [-0.05, 0) is 29.2 Å². The Morgan fingerprint density at radius 2 is 1.68 bits per heavy atom. The second kappa shape index (κ2) is 6.79. The normalized spacial score (nSPS) is 10.2. The third-order valence-corrected chi connectivity index (χ3v) is 3.21. The van der Waals surface area contributed by atoms with Crippen molar-refractivity contribution in [1.29, 1.82) is 0 Å². The minimum Gasteiger partial charge on any atom is -0.381 e. The SMILES string of the molecule is C=C(CNc1ccccc1CCC)c1ccccc1. The minimum atomic E-state index is 0.782.